The van der Waals surface area contributed by atoms with Gasteiger partial charge in [-0.05, 0) is 36.4 Å². The quantitative estimate of drug-likeness (QED) is 0.762. The highest BCUT2D eigenvalue weighted by Gasteiger charge is 2.07. The van der Waals surface area contributed by atoms with Gasteiger partial charge in [0.15, 0.2) is 0 Å². The van der Waals surface area contributed by atoms with Gasteiger partial charge in [-0.1, -0.05) is 24.3 Å². The van der Waals surface area contributed by atoms with E-state index in [-0.39, 0.29) is 11.6 Å². The molecule has 1 heterocycles. The summed E-state index contributed by atoms with van der Waals surface area (Å²) in [5.41, 5.74) is 8.72. The van der Waals surface area contributed by atoms with Crippen LogP contribution in [0.1, 0.15) is 0 Å². The van der Waals surface area contributed by atoms with E-state index in [4.69, 9.17) is 5.73 Å². The van der Waals surface area contributed by atoms with Gasteiger partial charge in [-0.15, -0.1) is 0 Å². The third kappa shape index (κ3) is 2.89. The fourth-order valence-electron chi connectivity index (χ4n) is 2.14. The first-order chi connectivity index (χ1) is 10.1. The molecule has 4 heteroatoms. The van der Waals surface area contributed by atoms with Crippen molar-refractivity contribution < 1.29 is 8.78 Å². The molecule has 2 N–H and O–H groups in total. The molecule has 0 saturated heterocycles. The molecule has 0 unspecified atom stereocenters. The molecular formula is C17H12F2N2. The van der Waals surface area contributed by atoms with E-state index in [2.05, 4.69) is 4.98 Å². The first-order valence-electron chi connectivity index (χ1n) is 6.41. The number of nitrogens with zero attached hydrogens (tertiary/aromatic N) is 1. The van der Waals surface area contributed by atoms with E-state index < -0.39 is 0 Å². The Bertz CT molecular complexity index is 737. The van der Waals surface area contributed by atoms with Gasteiger partial charge in [-0.25, -0.2) is 13.8 Å². The van der Waals surface area contributed by atoms with E-state index in [1.807, 2.05) is 0 Å². The number of halogens is 2. The molecule has 2 aromatic carbocycles. The molecule has 0 bridgehead atoms. The third-order valence-electron chi connectivity index (χ3n) is 3.09. The summed E-state index contributed by atoms with van der Waals surface area (Å²) >= 11 is 0. The average Bonchev–Trinajstić information content (AvgIpc) is 2.46. The highest BCUT2D eigenvalue weighted by atomic mass is 19.1. The second kappa shape index (κ2) is 5.32. The Hall–Kier alpha value is -2.75. The first-order valence-corrected chi connectivity index (χ1v) is 6.41. The van der Waals surface area contributed by atoms with Crippen molar-refractivity contribution >= 4 is 5.69 Å². The lowest BCUT2D eigenvalue weighted by atomic mass is 10.1. The maximum Gasteiger partial charge on any atom is 0.123 e. The topological polar surface area (TPSA) is 38.9 Å². The van der Waals surface area contributed by atoms with Crippen LogP contribution in [0.3, 0.4) is 0 Å². The lowest BCUT2D eigenvalue weighted by molar-refractivity contribution is 0.628. The number of hydrogen-bond donors (Lipinski definition) is 1. The molecule has 3 aromatic rings. The number of nitrogen functional groups attached to an aromatic ring is 1. The SMILES string of the molecule is Nc1cc(-c2cccc(F)c2)nc(-c2cccc(F)c2)c1. The van der Waals surface area contributed by atoms with Crippen molar-refractivity contribution in [1.29, 1.82) is 0 Å². The van der Waals surface area contributed by atoms with Crippen LogP contribution in [0.2, 0.25) is 0 Å². The molecular weight excluding hydrogens is 270 g/mol. The molecule has 0 aliphatic heterocycles. The molecule has 0 spiro atoms. The molecule has 3 rings (SSSR count). The fraction of sp³-hybridized carbons (Fsp3) is 0. The van der Waals surface area contributed by atoms with Crippen LogP contribution >= 0.6 is 0 Å². The van der Waals surface area contributed by atoms with Crippen LogP contribution in [0.4, 0.5) is 14.5 Å². The predicted octanol–water partition coefficient (Wildman–Crippen LogP) is 4.28. The van der Waals surface area contributed by atoms with Crippen molar-refractivity contribution in [3.8, 4) is 22.5 Å². The number of pyridine rings is 1. The molecule has 0 radical (unpaired) electrons. The van der Waals surface area contributed by atoms with Gasteiger partial charge in [0.05, 0.1) is 11.4 Å². The van der Waals surface area contributed by atoms with Gasteiger partial charge < -0.3 is 5.73 Å². The smallest absolute Gasteiger partial charge is 0.123 e. The van der Waals surface area contributed by atoms with Crippen LogP contribution in [-0.4, -0.2) is 4.98 Å². The third-order valence-corrected chi connectivity index (χ3v) is 3.09. The van der Waals surface area contributed by atoms with Crippen LogP contribution in [-0.2, 0) is 0 Å². The molecule has 21 heavy (non-hydrogen) atoms. The van der Waals surface area contributed by atoms with E-state index in [0.717, 1.165) is 0 Å². The fourth-order valence-corrected chi connectivity index (χ4v) is 2.14. The molecule has 2 nitrogen and oxygen atoms in total. The molecule has 104 valence electrons. The standard InChI is InChI=1S/C17H12F2N2/c18-13-5-1-3-11(7-13)16-9-15(20)10-17(21-16)12-4-2-6-14(19)8-12/h1-10H,(H2,20,21). The van der Waals surface area contributed by atoms with E-state index in [0.29, 0.717) is 28.2 Å². The minimum absolute atomic E-state index is 0.343. The molecule has 0 aliphatic carbocycles. The van der Waals surface area contributed by atoms with Gasteiger partial charge >= 0.3 is 0 Å². The number of hydrogen-bond acceptors (Lipinski definition) is 2. The normalized spacial score (nSPS) is 10.6. The largest absolute Gasteiger partial charge is 0.399 e. The van der Waals surface area contributed by atoms with Crippen LogP contribution in [0.5, 0.6) is 0 Å². The number of nitrogens with two attached hydrogens (primary N) is 1. The minimum atomic E-state index is -0.343. The lowest BCUT2D eigenvalue weighted by Crippen LogP contribution is -1.94. The lowest BCUT2D eigenvalue weighted by Gasteiger charge is -2.07. The number of rotatable bonds is 2. The Morgan fingerprint density at radius 1 is 0.714 bits per heavy atom. The van der Waals surface area contributed by atoms with Crippen LogP contribution in [0.15, 0.2) is 60.7 Å². The van der Waals surface area contributed by atoms with Crippen LogP contribution in [0.25, 0.3) is 22.5 Å². The maximum absolute atomic E-state index is 13.3. The van der Waals surface area contributed by atoms with Gasteiger partial charge in [-0.2, -0.15) is 0 Å². The van der Waals surface area contributed by atoms with Gasteiger partial charge in [0.25, 0.3) is 0 Å². The maximum atomic E-state index is 13.3. The Morgan fingerprint density at radius 3 is 1.62 bits per heavy atom. The van der Waals surface area contributed by atoms with Gasteiger partial charge in [-0.3, -0.25) is 0 Å². The summed E-state index contributed by atoms with van der Waals surface area (Å²) in [5.74, 6) is -0.687. The van der Waals surface area contributed by atoms with E-state index in [9.17, 15) is 8.78 Å². The first kappa shape index (κ1) is 13.2. The van der Waals surface area contributed by atoms with Crippen molar-refractivity contribution in [2.24, 2.45) is 0 Å². The van der Waals surface area contributed by atoms with E-state index in [1.54, 1.807) is 36.4 Å². The summed E-state index contributed by atoms with van der Waals surface area (Å²) in [6.07, 6.45) is 0. The number of anilines is 1. The van der Waals surface area contributed by atoms with Crippen molar-refractivity contribution in [1.82, 2.24) is 4.98 Å². The summed E-state index contributed by atoms with van der Waals surface area (Å²) in [7, 11) is 0. The molecule has 0 amide bonds. The second-order valence-electron chi connectivity index (χ2n) is 4.69. The summed E-state index contributed by atoms with van der Waals surface area (Å²) in [6, 6.07) is 15.5. The number of benzene rings is 2. The zero-order valence-electron chi connectivity index (χ0n) is 11.1. The summed E-state index contributed by atoms with van der Waals surface area (Å²) < 4.78 is 26.6. The van der Waals surface area contributed by atoms with Gasteiger partial charge in [0.2, 0.25) is 0 Å². The highest BCUT2D eigenvalue weighted by Crippen LogP contribution is 2.26. The summed E-state index contributed by atoms with van der Waals surface area (Å²) in [5, 5.41) is 0. The van der Waals surface area contributed by atoms with Gasteiger partial charge in [0, 0.05) is 16.8 Å². The minimum Gasteiger partial charge on any atom is -0.399 e. The Kier molecular flexibility index (Phi) is 3.36. The van der Waals surface area contributed by atoms with Crippen molar-refractivity contribution in [3.05, 3.63) is 72.3 Å². The van der Waals surface area contributed by atoms with E-state index >= 15 is 0 Å². The van der Waals surface area contributed by atoms with Crippen molar-refractivity contribution in [2.45, 2.75) is 0 Å². The molecule has 0 atom stereocenters. The molecule has 0 aliphatic rings. The summed E-state index contributed by atoms with van der Waals surface area (Å²) in [6.45, 7) is 0. The Labute approximate surface area is 120 Å². The molecule has 0 fully saturated rings. The molecule has 0 saturated carbocycles. The Morgan fingerprint density at radius 2 is 1.19 bits per heavy atom. The molecule has 1 aromatic heterocycles. The van der Waals surface area contributed by atoms with Gasteiger partial charge in [0.1, 0.15) is 11.6 Å². The monoisotopic (exact) mass is 282 g/mol. The predicted molar refractivity (Wildman–Crippen MR) is 79.4 cm³/mol. The Balaban J connectivity index is 2.12. The zero-order valence-corrected chi connectivity index (χ0v) is 11.1. The zero-order chi connectivity index (χ0) is 14.8. The number of aromatic nitrogens is 1. The van der Waals surface area contributed by atoms with Crippen LogP contribution in [0, 0.1) is 11.6 Å². The van der Waals surface area contributed by atoms with Crippen molar-refractivity contribution in [2.75, 3.05) is 5.73 Å². The average molecular weight is 282 g/mol. The highest BCUT2D eigenvalue weighted by molar-refractivity contribution is 5.71. The van der Waals surface area contributed by atoms with E-state index in [1.165, 1.54) is 24.3 Å². The second-order valence-corrected chi connectivity index (χ2v) is 4.69. The van der Waals surface area contributed by atoms with Crippen LogP contribution < -0.4 is 5.73 Å². The summed E-state index contributed by atoms with van der Waals surface area (Å²) in [4.78, 5) is 4.44. The van der Waals surface area contributed by atoms with Crippen molar-refractivity contribution in [3.63, 3.8) is 0 Å².